The molecule has 6 nitrogen and oxygen atoms in total. The van der Waals surface area contributed by atoms with E-state index >= 15 is 0 Å². The zero-order chi connectivity index (χ0) is 15.9. The Morgan fingerprint density at radius 2 is 2.27 bits per heavy atom. The van der Waals surface area contributed by atoms with Crippen LogP contribution >= 0.6 is 0 Å². The molecule has 0 spiro atoms. The van der Waals surface area contributed by atoms with Gasteiger partial charge >= 0.3 is 5.97 Å². The lowest BCUT2D eigenvalue weighted by Crippen LogP contribution is -2.15. The minimum absolute atomic E-state index is 0.139. The molecule has 1 aliphatic carbocycles. The van der Waals surface area contributed by atoms with Crippen molar-refractivity contribution in [2.45, 2.75) is 32.2 Å². The summed E-state index contributed by atoms with van der Waals surface area (Å²) in [5.41, 5.74) is 9.18. The van der Waals surface area contributed by atoms with Gasteiger partial charge in [-0.3, -0.25) is 4.68 Å². The fourth-order valence-electron chi connectivity index (χ4n) is 3.14. The van der Waals surface area contributed by atoms with E-state index in [2.05, 4.69) is 5.10 Å². The molecule has 1 atom stereocenters. The number of carboxylic acid groups (broad SMARTS) is 1. The minimum atomic E-state index is -0.958. The number of nitrogens with zero attached hydrogens (tertiary/aromatic N) is 2. The van der Waals surface area contributed by atoms with Crippen molar-refractivity contribution in [1.29, 1.82) is 0 Å². The topological polar surface area (TPSA) is 101 Å². The molecule has 0 saturated carbocycles. The van der Waals surface area contributed by atoms with Gasteiger partial charge in [0.1, 0.15) is 11.4 Å². The van der Waals surface area contributed by atoms with Gasteiger partial charge in [0.2, 0.25) is 0 Å². The van der Waals surface area contributed by atoms with Crippen LogP contribution in [0.1, 0.15) is 40.9 Å². The summed E-state index contributed by atoms with van der Waals surface area (Å²) in [5.74, 6) is -0.602. The first kappa shape index (κ1) is 14.6. The first-order valence-electron chi connectivity index (χ1n) is 7.39. The maximum atomic E-state index is 11.7. The van der Waals surface area contributed by atoms with Crippen LogP contribution in [-0.2, 0) is 13.0 Å². The van der Waals surface area contributed by atoms with Crippen LogP contribution in [0.5, 0.6) is 5.75 Å². The summed E-state index contributed by atoms with van der Waals surface area (Å²) in [7, 11) is 0. The van der Waals surface area contributed by atoms with Crippen LogP contribution in [0.4, 0.5) is 0 Å². The van der Waals surface area contributed by atoms with Gasteiger partial charge in [0.05, 0.1) is 5.69 Å². The van der Waals surface area contributed by atoms with Gasteiger partial charge in [-0.05, 0) is 49.1 Å². The molecular weight excluding hydrogens is 282 g/mol. The number of benzene rings is 1. The van der Waals surface area contributed by atoms with Crippen molar-refractivity contribution in [3.8, 4) is 17.0 Å². The first-order valence-corrected chi connectivity index (χ1v) is 7.39. The maximum absolute atomic E-state index is 11.7. The van der Waals surface area contributed by atoms with Gasteiger partial charge in [-0.25, -0.2) is 4.79 Å². The quantitative estimate of drug-likeness (QED) is 0.801. The Hall–Kier alpha value is -2.34. The summed E-state index contributed by atoms with van der Waals surface area (Å²) in [4.78, 5) is 11.7. The Balaban J connectivity index is 2.18. The molecule has 2 aromatic rings. The molecule has 0 amide bonds. The third kappa shape index (κ3) is 2.25. The zero-order valence-corrected chi connectivity index (χ0v) is 12.4. The normalized spacial score (nSPS) is 16.2. The third-order valence-electron chi connectivity index (χ3n) is 4.16. The van der Waals surface area contributed by atoms with Crippen LogP contribution in [-0.4, -0.2) is 32.5 Å². The van der Waals surface area contributed by atoms with Crippen LogP contribution in [0.3, 0.4) is 0 Å². The van der Waals surface area contributed by atoms with Crippen molar-refractivity contribution >= 4 is 5.97 Å². The van der Waals surface area contributed by atoms with Crippen molar-refractivity contribution in [2.24, 2.45) is 5.73 Å². The highest BCUT2D eigenvalue weighted by molar-refractivity contribution is 5.91. The Labute approximate surface area is 128 Å². The maximum Gasteiger partial charge on any atom is 0.354 e. The van der Waals surface area contributed by atoms with E-state index < -0.39 is 5.97 Å². The largest absolute Gasteiger partial charge is 0.508 e. The molecular formula is C16H19N3O3. The van der Waals surface area contributed by atoms with Crippen molar-refractivity contribution in [3.05, 3.63) is 35.0 Å². The second-order valence-electron chi connectivity index (χ2n) is 5.72. The van der Waals surface area contributed by atoms with Crippen LogP contribution in [0, 0.1) is 0 Å². The highest BCUT2D eigenvalue weighted by Crippen LogP contribution is 2.41. The van der Waals surface area contributed by atoms with Crippen molar-refractivity contribution < 1.29 is 15.0 Å². The van der Waals surface area contributed by atoms with Gasteiger partial charge in [-0.15, -0.1) is 0 Å². The number of carbonyl (C=O) groups is 1. The summed E-state index contributed by atoms with van der Waals surface area (Å²) in [5, 5.41) is 23.8. The molecule has 1 heterocycles. The van der Waals surface area contributed by atoms with Gasteiger partial charge in [0.15, 0.2) is 0 Å². The Morgan fingerprint density at radius 3 is 2.95 bits per heavy atom. The van der Waals surface area contributed by atoms with Gasteiger partial charge in [-0.2, -0.15) is 5.10 Å². The fraction of sp³-hybridized carbons (Fsp3) is 0.375. The van der Waals surface area contributed by atoms with E-state index in [-0.39, 0.29) is 17.4 Å². The number of aromatic carboxylic acids is 1. The van der Waals surface area contributed by atoms with Gasteiger partial charge in [0, 0.05) is 17.7 Å². The van der Waals surface area contributed by atoms with Crippen LogP contribution in [0.2, 0.25) is 0 Å². The smallest absolute Gasteiger partial charge is 0.354 e. The third-order valence-corrected chi connectivity index (χ3v) is 4.16. The SMILES string of the molecule is CC1Cc2c(nn(CCCN)c2C(=O)O)-c2ccc(O)cc21. The fourth-order valence-corrected chi connectivity index (χ4v) is 3.14. The highest BCUT2D eigenvalue weighted by Gasteiger charge is 2.31. The molecule has 6 heteroatoms. The highest BCUT2D eigenvalue weighted by atomic mass is 16.4. The number of nitrogens with two attached hydrogens (primary N) is 1. The molecule has 22 heavy (non-hydrogen) atoms. The van der Waals surface area contributed by atoms with E-state index in [9.17, 15) is 15.0 Å². The number of aryl methyl sites for hydroxylation is 1. The molecule has 0 bridgehead atoms. The lowest BCUT2D eigenvalue weighted by atomic mass is 9.82. The molecule has 0 saturated heterocycles. The standard InChI is InChI=1S/C16H19N3O3/c1-9-7-13-14(11-4-3-10(20)8-12(9)11)18-19(6-2-5-17)15(13)16(21)22/h3-4,8-9,20H,2,5-7,17H2,1H3,(H,21,22). The number of fused-ring (bicyclic) bond motifs is 3. The van der Waals surface area contributed by atoms with E-state index in [4.69, 9.17) is 5.73 Å². The number of hydrogen-bond donors (Lipinski definition) is 3. The summed E-state index contributed by atoms with van der Waals surface area (Å²) in [6.07, 6.45) is 1.29. The predicted octanol–water partition coefficient (Wildman–Crippen LogP) is 1.96. The minimum Gasteiger partial charge on any atom is -0.508 e. The van der Waals surface area contributed by atoms with Gasteiger partial charge < -0.3 is 15.9 Å². The lowest BCUT2D eigenvalue weighted by molar-refractivity contribution is 0.0681. The van der Waals surface area contributed by atoms with Crippen molar-refractivity contribution in [3.63, 3.8) is 0 Å². The Bertz CT molecular complexity index is 736. The van der Waals surface area contributed by atoms with Crippen molar-refractivity contribution in [1.82, 2.24) is 9.78 Å². The molecule has 0 radical (unpaired) electrons. The summed E-state index contributed by atoms with van der Waals surface area (Å²) in [6.45, 7) is 3.02. The molecule has 4 N–H and O–H groups in total. The number of hydrogen-bond acceptors (Lipinski definition) is 4. The van der Waals surface area contributed by atoms with Crippen molar-refractivity contribution in [2.75, 3.05) is 6.54 Å². The van der Waals surface area contributed by atoms with E-state index in [0.29, 0.717) is 31.6 Å². The van der Waals surface area contributed by atoms with E-state index in [1.807, 2.05) is 13.0 Å². The number of rotatable bonds is 4. The number of aromatic nitrogens is 2. The van der Waals surface area contributed by atoms with Crippen LogP contribution < -0.4 is 5.73 Å². The van der Waals surface area contributed by atoms with Crippen LogP contribution in [0.25, 0.3) is 11.3 Å². The lowest BCUT2D eigenvalue weighted by Gasteiger charge is -2.22. The van der Waals surface area contributed by atoms with Gasteiger partial charge in [-0.1, -0.05) is 6.92 Å². The first-order chi connectivity index (χ1) is 10.5. The van der Waals surface area contributed by atoms with Gasteiger partial charge in [0.25, 0.3) is 0 Å². The molecule has 0 aliphatic heterocycles. The summed E-state index contributed by atoms with van der Waals surface area (Å²) < 4.78 is 1.55. The Morgan fingerprint density at radius 1 is 1.50 bits per heavy atom. The van der Waals surface area contributed by atoms with Crippen LogP contribution in [0.15, 0.2) is 18.2 Å². The number of phenols is 1. The molecule has 0 fully saturated rings. The number of carboxylic acids is 1. The molecule has 3 rings (SSSR count). The second-order valence-corrected chi connectivity index (χ2v) is 5.72. The molecule has 116 valence electrons. The molecule has 1 aliphatic rings. The molecule has 1 aromatic heterocycles. The average Bonchev–Trinajstić information content (AvgIpc) is 2.83. The predicted molar refractivity (Wildman–Crippen MR) is 82.1 cm³/mol. The number of aromatic hydroxyl groups is 1. The summed E-state index contributed by atoms with van der Waals surface area (Å²) >= 11 is 0. The average molecular weight is 301 g/mol. The Kier molecular flexibility index (Phi) is 3.62. The van der Waals surface area contributed by atoms with E-state index in [0.717, 1.165) is 16.7 Å². The zero-order valence-electron chi connectivity index (χ0n) is 12.4. The molecule has 1 aromatic carbocycles. The molecule has 1 unspecified atom stereocenters. The number of phenolic OH excluding ortho intramolecular Hbond substituents is 1. The summed E-state index contributed by atoms with van der Waals surface area (Å²) in [6, 6.07) is 5.16. The van der Waals surface area contributed by atoms with E-state index in [1.165, 1.54) is 0 Å². The monoisotopic (exact) mass is 301 g/mol. The van der Waals surface area contributed by atoms with E-state index in [1.54, 1.807) is 16.8 Å². The second kappa shape index (κ2) is 5.46.